The molecular weight excluding hydrogens is 208 g/mol. The Morgan fingerprint density at radius 3 is 2.12 bits per heavy atom. The van der Waals surface area contributed by atoms with Crippen molar-refractivity contribution in [2.75, 3.05) is 26.7 Å². The van der Waals surface area contributed by atoms with Gasteiger partial charge in [0.25, 0.3) is 0 Å². The van der Waals surface area contributed by atoms with E-state index in [1.807, 2.05) is 0 Å². The Morgan fingerprint density at radius 1 is 1.06 bits per heavy atom. The third-order valence-electron chi connectivity index (χ3n) is 4.92. The lowest BCUT2D eigenvalue weighted by Crippen LogP contribution is -2.55. The summed E-state index contributed by atoms with van der Waals surface area (Å²) in [4.78, 5) is 2.72. The molecule has 0 atom stereocenters. The van der Waals surface area contributed by atoms with Crippen molar-refractivity contribution >= 4 is 0 Å². The molecule has 100 valence electrons. The van der Waals surface area contributed by atoms with Gasteiger partial charge < -0.3 is 5.32 Å². The Hall–Kier alpha value is -0.0800. The summed E-state index contributed by atoms with van der Waals surface area (Å²) in [7, 11) is 2.07. The molecule has 0 amide bonds. The van der Waals surface area contributed by atoms with Crippen molar-refractivity contribution < 1.29 is 0 Å². The first-order chi connectivity index (χ1) is 8.00. The van der Waals surface area contributed by atoms with Gasteiger partial charge in [0, 0.05) is 25.7 Å². The molecule has 1 aliphatic heterocycles. The Morgan fingerprint density at radius 2 is 1.65 bits per heavy atom. The Labute approximate surface area is 107 Å². The van der Waals surface area contributed by atoms with E-state index in [-0.39, 0.29) is 0 Å². The monoisotopic (exact) mass is 238 g/mol. The topological polar surface area (TPSA) is 15.3 Å². The zero-order valence-electron chi connectivity index (χ0n) is 12.1. The van der Waals surface area contributed by atoms with Gasteiger partial charge in [-0.25, -0.2) is 0 Å². The van der Waals surface area contributed by atoms with Gasteiger partial charge in [-0.3, -0.25) is 4.90 Å². The van der Waals surface area contributed by atoms with E-state index >= 15 is 0 Å². The van der Waals surface area contributed by atoms with Crippen LogP contribution in [0.3, 0.4) is 0 Å². The number of likely N-dealkylation sites (tertiary alicyclic amines) is 1. The molecule has 0 spiro atoms. The highest BCUT2D eigenvalue weighted by atomic mass is 15.2. The summed E-state index contributed by atoms with van der Waals surface area (Å²) in [6.45, 7) is 11.1. The summed E-state index contributed by atoms with van der Waals surface area (Å²) in [6.07, 6.45) is 5.77. The molecule has 1 saturated carbocycles. The molecule has 1 heterocycles. The molecule has 0 radical (unpaired) electrons. The van der Waals surface area contributed by atoms with Gasteiger partial charge in [0.1, 0.15) is 0 Å². The van der Waals surface area contributed by atoms with Gasteiger partial charge in [-0.15, -0.1) is 0 Å². The quantitative estimate of drug-likeness (QED) is 0.813. The predicted octanol–water partition coefficient (Wildman–Crippen LogP) is 2.74. The van der Waals surface area contributed by atoms with Crippen molar-refractivity contribution in [3.05, 3.63) is 0 Å². The fourth-order valence-electron chi connectivity index (χ4n) is 3.63. The van der Waals surface area contributed by atoms with Crippen LogP contribution in [0.4, 0.5) is 0 Å². The summed E-state index contributed by atoms with van der Waals surface area (Å²) in [5, 5.41) is 3.29. The molecule has 0 bridgehead atoms. The van der Waals surface area contributed by atoms with Crippen LogP contribution in [0.5, 0.6) is 0 Å². The molecule has 1 N–H and O–H groups in total. The third-order valence-corrected chi connectivity index (χ3v) is 4.92. The highest BCUT2D eigenvalue weighted by Gasteiger charge is 2.36. The molecule has 17 heavy (non-hydrogen) atoms. The molecule has 2 nitrogen and oxygen atoms in total. The van der Waals surface area contributed by atoms with E-state index in [0.29, 0.717) is 5.41 Å². The van der Waals surface area contributed by atoms with Crippen LogP contribution < -0.4 is 5.32 Å². The van der Waals surface area contributed by atoms with E-state index in [1.165, 1.54) is 45.3 Å². The van der Waals surface area contributed by atoms with Crippen molar-refractivity contribution in [1.82, 2.24) is 10.2 Å². The lowest BCUT2D eigenvalue weighted by atomic mass is 9.70. The highest BCUT2D eigenvalue weighted by molar-refractivity contribution is 4.90. The third kappa shape index (κ3) is 3.23. The zero-order valence-corrected chi connectivity index (χ0v) is 12.1. The van der Waals surface area contributed by atoms with Gasteiger partial charge in [-0.2, -0.15) is 0 Å². The normalized spacial score (nSPS) is 32.5. The second-order valence-electron chi connectivity index (χ2n) is 7.25. The van der Waals surface area contributed by atoms with Gasteiger partial charge in [-0.1, -0.05) is 20.8 Å². The molecule has 0 aromatic heterocycles. The molecule has 0 aromatic carbocycles. The van der Waals surface area contributed by atoms with Gasteiger partial charge in [0.15, 0.2) is 0 Å². The summed E-state index contributed by atoms with van der Waals surface area (Å²) < 4.78 is 0. The second kappa shape index (κ2) is 5.27. The van der Waals surface area contributed by atoms with Crippen molar-refractivity contribution in [1.29, 1.82) is 0 Å². The SMILES string of the molecule is CNCC1CN(C2CCC(C(C)(C)C)CC2)C1. The van der Waals surface area contributed by atoms with Crippen LogP contribution in [0.2, 0.25) is 0 Å². The highest BCUT2D eigenvalue weighted by Crippen LogP contribution is 2.40. The molecule has 1 aliphatic carbocycles. The largest absolute Gasteiger partial charge is 0.319 e. The lowest BCUT2D eigenvalue weighted by Gasteiger charge is -2.48. The van der Waals surface area contributed by atoms with Crippen LogP contribution in [-0.2, 0) is 0 Å². The Balaban J connectivity index is 1.70. The van der Waals surface area contributed by atoms with Crippen LogP contribution in [0, 0.1) is 17.3 Å². The maximum atomic E-state index is 3.29. The molecule has 2 fully saturated rings. The Bertz CT molecular complexity index is 230. The van der Waals surface area contributed by atoms with Gasteiger partial charge in [0.2, 0.25) is 0 Å². The summed E-state index contributed by atoms with van der Waals surface area (Å²) in [6, 6.07) is 0.904. The molecular formula is C15H30N2. The number of hydrogen-bond acceptors (Lipinski definition) is 2. The van der Waals surface area contributed by atoms with E-state index in [0.717, 1.165) is 17.9 Å². The lowest BCUT2D eigenvalue weighted by molar-refractivity contribution is 0.0172. The summed E-state index contributed by atoms with van der Waals surface area (Å²) in [5.41, 5.74) is 0.522. The Kier molecular flexibility index (Phi) is 4.14. The minimum Gasteiger partial charge on any atom is -0.319 e. The van der Waals surface area contributed by atoms with E-state index in [4.69, 9.17) is 0 Å². The van der Waals surface area contributed by atoms with Crippen LogP contribution in [0.15, 0.2) is 0 Å². The van der Waals surface area contributed by atoms with Crippen LogP contribution in [-0.4, -0.2) is 37.6 Å². The molecule has 0 unspecified atom stereocenters. The first-order valence-electron chi connectivity index (χ1n) is 7.39. The standard InChI is InChI=1S/C15H30N2/c1-15(2,3)13-5-7-14(8-6-13)17-10-12(11-17)9-16-4/h12-14,16H,5-11H2,1-4H3. The number of nitrogens with zero attached hydrogens (tertiary/aromatic N) is 1. The fraction of sp³-hybridized carbons (Fsp3) is 1.00. The van der Waals surface area contributed by atoms with E-state index in [2.05, 4.69) is 38.0 Å². The van der Waals surface area contributed by atoms with E-state index < -0.39 is 0 Å². The maximum absolute atomic E-state index is 3.29. The second-order valence-corrected chi connectivity index (χ2v) is 7.25. The predicted molar refractivity (Wildman–Crippen MR) is 74.2 cm³/mol. The molecule has 1 saturated heterocycles. The number of rotatable bonds is 3. The van der Waals surface area contributed by atoms with E-state index in [9.17, 15) is 0 Å². The smallest absolute Gasteiger partial charge is 0.00957 e. The minimum atomic E-state index is 0.522. The van der Waals surface area contributed by atoms with Crippen LogP contribution >= 0.6 is 0 Å². The van der Waals surface area contributed by atoms with Gasteiger partial charge in [-0.05, 0) is 50.0 Å². The van der Waals surface area contributed by atoms with Crippen molar-refractivity contribution in [2.45, 2.75) is 52.5 Å². The van der Waals surface area contributed by atoms with Crippen molar-refractivity contribution in [3.8, 4) is 0 Å². The molecule has 2 heteroatoms. The van der Waals surface area contributed by atoms with E-state index in [1.54, 1.807) is 0 Å². The first-order valence-corrected chi connectivity index (χ1v) is 7.39. The first kappa shape index (κ1) is 13.4. The number of nitrogens with one attached hydrogen (secondary N) is 1. The van der Waals surface area contributed by atoms with Gasteiger partial charge in [0.05, 0.1) is 0 Å². The summed E-state index contributed by atoms with van der Waals surface area (Å²) >= 11 is 0. The summed E-state index contributed by atoms with van der Waals surface area (Å²) in [5.74, 6) is 1.87. The molecule has 2 aliphatic rings. The number of hydrogen-bond donors (Lipinski definition) is 1. The van der Waals surface area contributed by atoms with Crippen molar-refractivity contribution in [3.63, 3.8) is 0 Å². The fourth-order valence-corrected chi connectivity index (χ4v) is 3.63. The molecule has 2 rings (SSSR count). The zero-order chi connectivity index (χ0) is 12.5. The van der Waals surface area contributed by atoms with Crippen LogP contribution in [0.25, 0.3) is 0 Å². The maximum Gasteiger partial charge on any atom is 0.00957 e. The minimum absolute atomic E-state index is 0.522. The van der Waals surface area contributed by atoms with Gasteiger partial charge >= 0.3 is 0 Å². The van der Waals surface area contributed by atoms with Crippen molar-refractivity contribution in [2.24, 2.45) is 17.3 Å². The molecule has 0 aromatic rings. The average Bonchev–Trinajstić information content (AvgIpc) is 2.22. The average molecular weight is 238 g/mol. The van der Waals surface area contributed by atoms with Crippen LogP contribution in [0.1, 0.15) is 46.5 Å².